The highest BCUT2D eigenvalue weighted by molar-refractivity contribution is 6.39. The Morgan fingerprint density at radius 1 is 1.19 bits per heavy atom. The Morgan fingerprint density at radius 3 is 2.25 bits per heavy atom. The van der Waals surface area contributed by atoms with E-state index in [9.17, 15) is 9.59 Å². The monoisotopic (exact) mass is 263 g/mol. The van der Waals surface area contributed by atoms with E-state index in [1.165, 1.54) is 12.1 Å². The van der Waals surface area contributed by atoms with Gasteiger partial charge in [-0.3, -0.25) is 5.32 Å². The van der Waals surface area contributed by atoms with Crippen molar-refractivity contribution in [2.75, 3.05) is 5.32 Å². The van der Waals surface area contributed by atoms with Gasteiger partial charge >= 0.3 is 12.1 Å². The molecule has 1 aromatic carbocycles. The van der Waals surface area contributed by atoms with Crippen LogP contribution >= 0.6 is 23.2 Å². The average Bonchev–Trinajstić information content (AvgIpc) is 2.21. The first-order chi connectivity index (χ1) is 7.50. The first-order valence-corrected chi connectivity index (χ1v) is 4.86. The second kappa shape index (κ2) is 5.58. The van der Waals surface area contributed by atoms with Crippen molar-refractivity contribution < 1.29 is 19.4 Å². The third-order valence-corrected chi connectivity index (χ3v) is 2.05. The van der Waals surface area contributed by atoms with Crippen LogP contribution in [-0.2, 0) is 14.6 Å². The minimum atomic E-state index is -0.995. The van der Waals surface area contributed by atoms with E-state index in [1.807, 2.05) is 0 Å². The maximum absolute atomic E-state index is 11.1. The van der Waals surface area contributed by atoms with Crippen molar-refractivity contribution in [1.29, 1.82) is 0 Å². The fourth-order valence-electron chi connectivity index (χ4n) is 0.837. The normalized spacial score (nSPS) is 9.44. The molecule has 7 heteroatoms. The van der Waals surface area contributed by atoms with Gasteiger partial charge in [0.25, 0.3) is 0 Å². The molecular formula is C9H7Cl2NO4. The number of benzene rings is 1. The van der Waals surface area contributed by atoms with Gasteiger partial charge < -0.3 is 0 Å². The Morgan fingerprint density at radius 2 is 1.75 bits per heavy atom. The summed E-state index contributed by atoms with van der Waals surface area (Å²) in [6, 6.07) is 4.69. The zero-order chi connectivity index (χ0) is 12.1. The van der Waals surface area contributed by atoms with Crippen LogP contribution in [0, 0.1) is 0 Å². The molecule has 0 saturated carbocycles. The maximum Gasteiger partial charge on any atom is 0.454 e. The van der Waals surface area contributed by atoms with Gasteiger partial charge in [0.15, 0.2) is 0 Å². The lowest BCUT2D eigenvalue weighted by atomic mass is 10.3. The summed E-state index contributed by atoms with van der Waals surface area (Å²) >= 11 is 11.5. The summed E-state index contributed by atoms with van der Waals surface area (Å²) in [5.41, 5.74) is 0.183. The molecule has 0 fully saturated rings. The fraction of sp³-hybridized carbons (Fsp3) is 0.111. The molecule has 1 N–H and O–H groups in total. The molecule has 1 aromatic rings. The zero-order valence-corrected chi connectivity index (χ0v) is 9.63. The van der Waals surface area contributed by atoms with Crippen LogP contribution in [0.3, 0.4) is 0 Å². The van der Waals surface area contributed by atoms with Gasteiger partial charge in [-0.15, -0.1) is 0 Å². The Kier molecular flexibility index (Phi) is 4.39. The predicted octanol–water partition coefficient (Wildman–Crippen LogP) is 3.02. The number of amides is 1. The summed E-state index contributed by atoms with van der Waals surface area (Å²) in [5, 5.41) is 2.72. The van der Waals surface area contributed by atoms with E-state index >= 15 is 0 Å². The molecule has 5 nitrogen and oxygen atoms in total. The molecule has 0 atom stereocenters. The number of hydrogen-bond acceptors (Lipinski definition) is 4. The largest absolute Gasteiger partial charge is 0.454 e. The van der Waals surface area contributed by atoms with Gasteiger partial charge in [0.2, 0.25) is 0 Å². The smallest absolute Gasteiger partial charge is 0.285 e. The molecule has 0 spiro atoms. The number of halogens is 2. The Labute approximate surface area is 101 Å². The van der Waals surface area contributed by atoms with Crippen molar-refractivity contribution in [3.63, 3.8) is 0 Å². The van der Waals surface area contributed by atoms with Crippen molar-refractivity contribution in [2.45, 2.75) is 6.92 Å². The van der Waals surface area contributed by atoms with Crippen LogP contribution < -0.4 is 5.32 Å². The summed E-state index contributed by atoms with van der Waals surface area (Å²) in [7, 11) is 0. The summed E-state index contributed by atoms with van der Waals surface area (Å²) in [6.07, 6.45) is -0.995. The molecule has 86 valence electrons. The molecule has 0 unspecified atom stereocenters. The zero-order valence-electron chi connectivity index (χ0n) is 8.12. The minimum Gasteiger partial charge on any atom is -0.285 e. The van der Waals surface area contributed by atoms with Crippen LogP contribution in [-0.4, -0.2) is 12.1 Å². The molecule has 1 rings (SSSR count). The molecule has 0 aliphatic rings. The second-order valence-electron chi connectivity index (χ2n) is 2.67. The van der Waals surface area contributed by atoms with E-state index in [1.54, 1.807) is 6.07 Å². The topological polar surface area (TPSA) is 64.6 Å². The van der Waals surface area contributed by atoms with Gasteiger partial charge in [0.1, 0.15) is 0 Å². The van der Waals surface area contributed by atoms with Crippen molar-refractivity contribution >= 4 is 41.0 Å². The second-order valence-corrected chi connectivity index (χ2v) is 3.48. The number of carbonyl (C=O) groups is 2. The molecule has 0 aliphatic heterocycles. The van der Waals surface area contributed by atoms with E-state index in [0.29, 0.717) is 0 Å². The van der Waals surface area contributed by atoms with E-state index in [0.717, 1.165) is 6.92 Å². The molecule has 0 bridgehead atoms. The predicted molar refractivity (Wildman–Crippen MR) is 58.3 cm³/mol. The number of nitrogens with one attached hydrogen (secondary N) is 1. The van der Waals surface area contributed by atoms with E-state index in [-0.39, 0.29) is 15.7 Å². The van der Waals surface area contributed by atoms with E-state index in [4.69, 9.17) is 23.2 Å². The highest BCUT2D eigenvalue weighted by Crippen LogP contribution is 2.29. The van der Waals surface area contributed by atoms with Gasteiger partial charge in [-0.2, -0.15) is 0 Å². The van der Waals surface area contributed by atoms with Crippen molar-refractivity contribution in [3.8, 4) is 0 Å². The number of rotatable bonds is 1. The number of anilines is 1. The molecule has 0 aliphatic carbocycles. The first-order valence-electron chi connectivity index (χ1n) is 4.11. The molecule has 0 radical (unpaired) electrons. The number of carbonyl (C=O) groups excluding carboxylic acids is 2. The Bertz CT molecular complexity index is 402. The molecule has 0 heterocycles. The van der Waals surface area contributed by atoms with Gasteiger partial charge in [0, 0.05) is 6.92 Å². The molecular weight excluding hydrogens is 257 g/mol. The lowest BCUT2D eigenvalue weighted by Crippen LogP contribution is -2.16. The maximum atomic E-state index is 11.1. The molecule has 1 amide bonds. The summed E-state index contributed by atoms with van der Waals surface area (Å²) < 4.78 is 0. The van der Waals surface area contributed by atoms with Crippen molar-refractivity contribution in [2.24, 2.45) is 0 Å². The van der Waals surface area contributed by atoms with Gasteiger partial charge in [-0.05, 0) is 12.1 Å². The number of para-hydroxylation sites is 1. The van der Waals surface area contributed by atoms with Crippen LogP contribution in [0.25, 0.3) is 0 Å². The van der Waals surface area contributed by atoms with E-state index < -0.39 is 12.1 Å². The van der Waals surface area contributed by atoms with Gasteiger partial charge in [-0.1, -0.05) is 29.3 Å². The Balaban J connectivity index is 2.66. The van der Waals surface area contributed by atoms with Crippen molar-refractivity contribution in [3.05, 3.63) is 28.2 Å². The third kappa shape index (κ3) is 3.60. The van der Waals surface area contributed by atoms with Crippen LogP contribution in [0.2, 0.25) is 10.0 Å². The molecule has 16 heavy (non-hydrogen) atoms. The Hall–Kier alpha value is -1.46. The molecule has 0 aromatic heterocycles. The van der Waals surface area contributed by atoms with Crippen LogP contribution in [0.4, 0.5) is 10.5 Å². The first kappa shape index (κ1) is 12.6. The lowest BCUT2D eigenvalue weighted by molar-refractivity contribution is -0.227. The third-order valence-electron chi connectivity index (χ3n) is 1.42. The molecule has 0 saturated heterocycles. The van der Waals surface area contributed by atoms with Gasteiger partial charge in [-0.25, -0.2) is 19.4 Å². The highest BCUT2D eigenvalue weighted by atomic mass is 35.5. The van der Waals surface area contributed by atoms with E-state index in [2.05, 4.69) is 15.1 Å². The number of hydrogen-bond donors (Lipinski definition) is 1. The summed E-state index contributed by atoms with van der Waals surface area (Å²) in [5.74, 6) is -0.750. The minimum absolute atomic E-state index is 0.183. The summed E-state index contributed by atoms with van der Waals surface area (Å²) in [6.45, 7) is 1.09. The summed E-state index contributed by atoms with van der Waals surface area (Å²) in [4.78, 5) is 29.6. The fourth-order valence-corrected chi connectivity index (χ4v) is 1.33. The van der Waals surface area contributed by atoms with Crippen LogP contribution in [0.5, 0.6) is 0 Å². The average molecular weight is 264 g/mol. The SMILES string of the molecule is CC(=O)OOC(=O)Nc1c(Cl)cccc1Cl. The van der Waals surface area contributed by atoms with Crippen LogP contribution in [0.1, 0.15) is 6.92 Å². The standard InChI is InChI=1S/C9H7Cl2NO4/c1-5(13)15-16-9(14)12-8-6(10)3-2-4-7(8)11/h2-4H,1H3,(H,12,14). The quantitative estimate of drug-likeness (QED) is 0.625. The lowest BCUT2D eigenvalue weighted by Gasteiger charge is -2.07. The highest BCUT2D eigenvalue weighted by Gasteiger charge is 2.11. The van der Waals surface area contributed by atoms with Gasteiger partial charge in [0.05, 0.1) is 15.7 Å². The van der Waals surface area contributed by atoms with Crippen molar-refractivity contribution in [1.82, 2.24) is 0 Å². The van der Waals surface area contributed by atoms with Crippen LogP contribution in [0.15, 0.2) is 18.2 Å².